The van der Waals surface area contributed by atoms with Gasteiger partial charge in [-0.3, -0.25) is 0 Å². The second kappa shape index (κ2) is 5.56. The molecule has 0 unspecified atom stereocenters. The van der Waals surface area contributed by atoms with Crippen LogP contribution in [0.15, 0.2) is 36.4 Å². The molecule has 2 aromatic carbocycles. The highest BCUT2D eigenvalue weighted by molar-refractivity contribution is 5.88. The third kappa shape index (κ3) is 2.93. The number of hydrogen-bond acceptors (Lipinski definition) is 0. The van der Waals surface area contributed by atoms with Crippen LogP contribution in [0.2, 0.25) is 0 Å². The first-order valence-corrected chi connectivity index (χ1v) is 7.07. The highest BCUT2D eigenvalue weighted by Gasteiger charge is 2.08. The summed E-state index contributed by atoms with van der Waals surface area (Å²) in [5.74, 6) is 1.42. The zero-order valence-corrected chi connectivity index (χ0v) is 12.0. The van der Waals surface area contributed by atoms with Crippen LogP contribution in [0, 0.1) is 11.8 Å². The van der Waals surface area contributed by atoms with E-state index in [2.05, 4.69) is 64.1 Å². The van der Waals surface area contributed by atoms with Gasteiger partial charge in [0.25, 0.3) is 0 Å². The van der Waals surface area contributed by atoms with Crippen molar-refractivity contribution in [1.29, 1.82) is 0 Å². The fraction of sp³-hybridized carbons (Fsp3) is 0.444. The largest absolute Gasteiger partial charge is 0.0625 e. The molecule has 0 bridgehead atoms. The minimum atomic E-state index is 0.712. The van der Waals surface area contributed by atoms with E-state index in [1.807, 2.05) is 0 Å². The molecule has 0 nitrogen and oxygen atoms in total. The SMILES string of the molecule is CC(C)Cc1ccc(CC(C)C)c2ccccc12. The van der Waals surface area contributed by atoms with Crippen LogP contribution in [-0.4, -0.2) is 0 Å². The first-order valence-electron chi connectivity index (χ1n) is 7.07. The van der Waals surface area contributed by atoms with Gasteiger partial charge in [-0.15, -0.1) is 0 Å². The van der Waals surface area contributed by atoms with Gasteiger partial charge in [0.05, 0.1) is 0 Å². The van der Waals surface area contributed by atoms with Gasteiger partial charge in [0, 0.05) is 0 Å². The van der Waals surface area contributed by atoms with Gasteiger partial charge in [-0.1, -0.05) is 64.1 Å². The van der Waals surface area contributed by atoms with Gasteiger partial charge in [0.2, 0.25) is 0 Å². The molecule has 0 heteroatoms. The number of rotatable bonds is 4. The minimum Gasteiger partial charge on any atom is -0.0625 e. The van der Waals surface area contributed by atoms with E-state index in [0.29, 0.717) is 11.8 Å². The summed E-state index contributed by atoms with van der Waals surface area (Å²) in [6, 6.07) is 13.5. The molecule has 0 aromatic heterocycles. The van der Waals surface area contributed by atoms with Crippen molar-refractivity contribution in [2.75, 3.05) is 0 Å². The van der Waals surface area contributed by atoms with Crippen LogP contribution >= 0.6 is 0 Å². The van der Waals surface area contributed by atoms with Crippen LogP contribution < -0.4 is 0 Å². The lowest BCUT2D eigenvalue weighted by molar-refractivity contribution is 0.645. The summed E-state index contributed by atoms with van der Waals surface area (Å²) in [6.07, 6.45) is 2.34. The van der Waals surface area contributed by atoms with Crippen molar-refractivity contribution in [3.63, 3.8) is 0 Å². The maximum atomic E-state index is 2.33. The van der Waals surface area contributed by atoms with E-state index < -0.39 is 0 Å². The standard InChI is InChI=1S/C18H24/c1-13(2)11-15-9-10-16(12-14(3)4)18-8-6-5-7-17(15)18/h5-10,13-14H,11-12H2,1-4H3. The molecular weight excluding hydrogens is 216 g/mol. The Morgan fingerprint density at radius 3 is 1.39 bits per heavy atom. The predicted octanol–water partition coefficient (Wildman–Crippen LogP) is 5.24. The molecule has 0 saturated heterocycles. The molecule has 0 amide bonds. The molecule has 0 heterocycles. The lowest BCUT2D eigenvalue weighted by Gasteiger charge is -2.14. The van der Waals surface area contributed by atoms with E-state index in [0.717, 1.165) is 0 Å². The Kier molecular flexibility index (Phi) is 4.06. The van der Waals surface area contributed by atoms with E-state index in [1.165, 1.54) is 34.7 Å². The van der Waals surface area contributed by atoms with Crippen molar-refractivity contribution in [1.82, 2.24) is 0 Å². The average Bonchev–Trinajstić information content (AvgIpc) is 2.31. The number of fused-ring (bicyclic) bond motifs is 1. The summed E-state index contributed by atoms with van der Waals surface area (Å²) in [4.78, 5) is 0. The van der Waals surface area contributed by atoms with Gasteiger partial charge < -0.3 is 0 Å². The summed E-state index contributed by atoms with van der Waals surface area (Å²) in [5, 5.41) is 2.90. The van der Waals surface area contributed by atoms with E-state index in [-0.39, 0.29) is 0 Å². The molecule has 0 aliphatic rings. The van der Waals surface area contributed by atoms with E-state index in [1.54, 1.807) is 0 Å². The molecule has 2 rings (SSSR count). The second-order valence-corrected chi connectivity index (χ2v) is 6.13. The zero-order chi connectivity index (χ0) is 13.1. The molecule has 0 spiro atoms. The molecule has 2 aromatic rings. The van der Waals surface area contributed by atoms with Gasteiger partial charge in [-0.05, 0) is 46.6 Å². The molecule has 0 aliphatic carbocycles. The molecule has 0 radical (unpaired) electrons. The lowest BCUT2D eigenvalue weighted by atomic mass is 9.91. The molecule has 0 fully saturated rings. The van der Waals surface area contributed by atoms with Crippen molar-refractivity contribution >= 4 is 10.8 Å². The topological polar surface area (TPSA) is 0 Å². The molecule has 0 N–H and O–H groups in total. The van der Waals surface area contributed by atoms with Gasteiger partial charge in [-0.2, -0.15) is 0 Å². The monoisotopic (exact) mass is 240 g/mol. The normalized spacial score (nSPS) is 11.7. The van der Waals surface area contributed by atoms with Gasteiger partial charge in [-0.25, -0.2) is 0 Å². The van der Waals surface area contributed by atoms with Crippen molar-refractivity contribution in [3.05, 3.63) is 47.5 Å². The molecule has 96 valence electrons. The van der Waals surface area contributed by atoms with Gasteiger partial charge >= 0.3 is 0 Å². The van der Waals surface area contributed by atoms with E-state index in [9.17, 15) is 0 Å². The molecule has 0 atom stereocenters. The molecule has 18 heavy (non-hydrogen) atoms. The van der Waals surface area contributed by atoms with Crippen LogP contribution in [0.25, 0.3) is 10.8 Å². The Balaban J connectivity index is 2.51. The van der Waals surface area contributed by atoms with Crippen LogP contribution in [-0.2, 0) is 12.8 Å². The summed E-state index contributed by atoms with van der Waals surface area (Å²) in [5.41, 5.74) is 2.99. The second-order valence-electron chi connectivity index (χ2n) is 6.13. The first kappa shape index (κ1) is 13.1. The van der Waals surface area contributed by atoms with Crippen molar-refractivity contribution in [2.24, 2.45) is 11.8 Å². The van der Waals surface area contributed by atoms with Gasteiger partial charge in [0.1, 0.15) is 0 Å². The Hall–Kier alpha value is -1.30. The van der Waals surface area contributed by atoms with Crippen LogP contribution in [0.3, 0.4) is 0 Å². The third-order valence-corrected chi connectivity index (χ3v) is 3.36. The molecule has 0 aliphatic heterocycles. The highest BCUT2D eigenvalue weighted by atomic mass is 14.1. The van der Waals surface area contributed by atoms with E-state index in [4.69, 9.17) is 0 Å². The Morgan fingerprint density at radius 2 is 1.06 bits per heavy atom. The zero-order valence-electron chi connectivity index (χ0n) is 12.0. The van der Waals surface area contributed by atoms with Crippen molar-refractivity contribution in [3.8, 4) is 0 Å². The van der Waals surface area contributed by atoms with Gasteiger partial charge in [0.15, 0.2) is 0 Å². The minimum absolute atomic E-state index is 0.712. The Bertz CT molecular complexity index is 472. The molecule has 0 saturated carbocycles. The summed E-state index contributed by atoms with van der Waals surface area (Å²) < 4.78 is 0. The highest BCUT2D eigenvalue weighted by Crippen LogP contribution is 2.26. The average molecular weight is 240 g/mol. The fourth-order valence-corrected chi connectivity index (χ4v) is 2.66. The smallest absolute Gasteiger partial charge is 0.0149 e. The van der Waals surface area contributed by atoms with Crippen molar-refractivity contribution < 1.29 is 0 Å². The fourth-order valence-electron chi connectivity index (χ4n) is 2.66. The van der Waals surface area contributed by atoms with E-state index >= 15 is 0 Å². The Morgan fingerprint density at radius 1 is 0.667 bits per heavy atom. The quantitative estimate of drug-likeness (QED) is 0.686. The summed E-state index contributed by atoms with van der Waals surface area (Å²) in [6.45, 7) is 9.15. The summed E-state index contributed by atoms with van der Waals surface area (Å²) >= 11 is 0. The molecular formula is C18H24. The third-order valence-electron chi connectivity index (χ3n) is 3.36. The maximum Gasteiger partial charge on any atom is -0.0149 e. The number of benzene rings is 2. The van der Waals surface area contributed by atoms with Crippen LogP contribution in [0.1, 0.15) is 38.8 Å². The maximum absolute atomic E-state index is 2.33. The van der Waals surface area contributed by atoms with Crippen molar-refractivity contribution in [2.45, 2.75) is 40.5 Å². The Labute approximate surface area is 111 Å². The number of hydrogen-bond donors (Lipinski definition) is 0. The van der Waals surface area contributed by atoms with Crippen LogP contribution in [0.4, 0.5) is 0 Å². The lowest BCUT2D eigenvalue weighted by Crippen LogP contribution is -1.99. The van der Waals surface area contributed by atoms with Crippen LogP contribution in [0.5, 0.6) is 0 Å². The summed E-state index contributed by atoms with van der Waals surface area (Å²) in [7, 11) is 0. The predicted molar refractivity (Wildman–Crippen MR) is 81.0 cm³/mol. The first-order chi connectivity index (χ1) is 8.58.